The zero-order valence-corrected chi connectivity index (χ0v) is 38.2. The molecule has 0 aliphatic rings. The van der Waals surface area contributed by atoms with Gasteiger partial charge in [0.2, 0.25) is 0 Å². The van der Waals surface area contributed by atoms with Gasteiger partial charge in [0.15, 0.2) is 0 Å². The quantitative estimate of drug-likeness (QED) is 0.137. The van der Waals surface area contributed by atoms with Crippen LogP contribution in [0.5, 0.6) is 0 Å². The number of hydrogen-bond donors (Lipinski definition) is 0. The third-order valence-corrected chi connectivity index (χ3v) is 14.0. The van der Waals surface area contributed by atoms with E-state index in [1.807, 2.05) is 23.5 Å². The maximum Gasteiger partial charge on any atom is 0.137 e. The first-order valence-electron chi connectivity index (χ1n) is 23.1. The summed E-state index contributed by atoms with van der Waals surface area (Å²) in [5.41, 5.74) is 16.7. The minimum Gasteiger partial charge on any atom is -0.310 e. The molecule has 326 valence electrons. The van der Waals surface area contributed by atoms with Crippen LogP contribution in [0.4, 0.5) is 34.1 Å². The van der Waals surface area contributed by atoms with Gasteiger partial charge in [0, 0.05) is 88.9 Å². The average molecular weight is 903 g/mol. The second kappa shape index (κ2) is 17.0. The summed E-state index contributed by atoms with van der Waals surface area (Å²) in [4.78, 5) is 15.0. The Balaban J connectivity index is 0.913. The second-order valence-corrected chi connectivity index (χ2v) is 18.2. The number of rotatable bonds is 10. The van der Waals surface area contributed by atoms with Crippen molar-refractivity contribution >= 4 is 76.9 Å². The van der Waals surface area contributed by atoms with Crippen LogP contribution < -0.4 is 9.80 Å². The molecule has 0 saturated carbocycles. The van der Waals surface area contributed by atoms with E-state index >= 15 is 0 Å². The molecular weight excluding hydrogens is 861 g/mol. The van der Waals surface area contributed by atoms with Gasteiger partial charge in [-0.05, 0) is 97.1 Å². The van der Waals surface area contributed by atoms with E-state index in [1.54, 1.807) is 0 Å². The maximum absolute atomic E-state index is 5.14. The molecule has 0 bridgehead atoms. The molecule has 0 fully saturated rings. The molecule has 8 aromatic carbocycles. The summed E-state index contributed by atoms with van der Waals surface area (Å²) >= 11 is 1.83. The van der Waals surface area contributed by atoms with Crippen molar-refractivity contribution in [1.82, 2.24) is 18.8 Å². The molecule has 13 rings (SSSR count). The first kappa shape index (κ1) is 40.3. The molecule has 0 amide bonds. The summed E-state index contributed by atoms with van der Waals surface area (Å²) in [7, 11) is 0. The van der Waals surface area contributed by atoms with Crippen molar-refractivity contribution < 1.29 is 0 Å². The Labute approximate surface area is 403 Å². The number of hydrogen-bond acceptors (Lipinski definition) is 5. The largest absolute Gasteiger partial charge is 0.310 e. The van der Waals surface area contributed by atoms with E-state index in [0.717, 1.165) is 90.4 Å². The summed E-state index contributed by atoms with van der Waals surface area (Å²) < 4.78 is 6.84. The summed E-state index contributed by atoms with van der Waals surface area (Å²) in [6.45, 7) is 0. The molecule has 0 N–H and O–H groups in total. The lowest BCUT2D eigenvalue weighted by molar-refractivity contribution is 1.19. The van der Waals surface area contributed by atoms with Crippen molar-refractivity contribution in [3.05, 3.63) is 255 Å². The molecule has 0 atom stereocenters. The molecule has 0 saturated heterocycles. The predicted octanol–water partition coefficient (Wildman–Crippen LogP) is 17.0. The summed E-state index contributed by atoms with van der Waals surface area (Å²) in [6, 6.07) is 86.1. The molecule has 13 aromatic rings. The van der Waals surface area contributed by atoms with Gasteiger partial charge in [-0.25, -0.2) is 9.97 Å². The highest BCUT2D eigenvalue weighted by molar-refractivity contribution is 7.25. The zero-order valence-electron chi connectivity index (χ0n) is 37.3. The summed E-state index contributed by atoms with van der Waals surface area (Å²) in [5, 5.41) is 2.47. The molecular formula is C62H42N6S. The van der Waals surface area contributed by atoms with Crippen molar-refractivity contribution in [1.29, 1.82) is 0 Å². The molecule has 0 aliphatic carbocycles. The van der Waals surface area contributed by atoms with E-state index in [0.29, 0.717) is 0 Å². The Hall–Kier alpha value is -9.04. The number of pyridine rings is 2. The fraction of sp³-hybridized carbons (Fsp3) is 0. The first-order valence-corrected chi connectivity index (χ1v) is 24.0. The van der Waals surface area contributed by atoms with E-state index in [4.69, 9.17) is 9.97 Å². The molecule has 69 heavy (non-hydrogen) atoms. The van der Waals surface area contributed by atoms with Crippen molar-refractivity contribution in [3.63, 3.8) is 0 Å². The van der Waals surface area contributed by atoms with Crippen molar-refractivity contribution in [2.75, 3.05) is 9.80 Å². The molecule has 5 heterocycles. The standard InChI is InChI=1S/C62H42N6S/c1-5-19-43(20-6-1)59-61(65-37-15-13-31-57(65)63-59)45-23-17-29-49(39-45)67(47-25-9-3-10-26-47)51-33-35-53-54-36-34-52(42-56(54)69-55(53)41-51)68(48-27-11-4-12-28-48)50-30-18-24-46(40-50)62-60(44-21-7-2-8-22-44)64-58-32-14-16-38-66(58)62/h1-42H. The Morgan fingerprint density at radius 1 is 0.304 bits per heavy atom. The van der Waals surface area contributed by atoms with Crippen LogP contribution in [0.25, 0.3) is 76.5 Å². The minimum absolute atomic E-state index is 0.913. The average Bonchev–Trinajstić information content (AvgIpc) is 4.12. The van der Waals surface area contributed by atoms with Gasteiger partial charge in [0.1, 0.15) is 11.3 Å². The van der Waals surface area contributed by atoms with E-state index in [1.165, 1.54) is 20.2 Å². The van der Waals surface area contributed by atoms with Gasteiger partial charge in [-0.1, -0.05) is 146 Å². The zero-order chi connectivity index (χ0) is 45.7. The van der Waals surface area contributed by atoms with Crippen LogP contribution in [0.1, 0.15) is 0 Å². The number of thiophene rings is 1. The van der Waals surface area contributed by atoms with Gasteiger partial charge < -0.3 is 9.80 Å². The third-order valence-electron chi connectivity index (χ3n) is 12.9. The smallest absolute Gasteiger partial charge is 0.137 e. The third kappa shape index (κ3) is 7.20. The minimum atomic E-state index is 0.913. The Kier molecular flexibility index (Phi) is 9.91. The van der Waals surface area contributed by atoms with Crippen LogP contribution in [0.2, 0.25) is 0 Å². The van der Waals surface area contributed by atoms with Gasteiger partial charge in [-0.15, -0.1) is 11.3 Å². The number of anilines is 6. The predicted molar refractivity (Wildman–Crippen MR) is 288 cm³/mol. The molecule has 7 heteroatoms. The van der Waals surface area contributed by atoms with Crippen molar-refractivity contribution in [2.45, 2.75) is 0 Å². The van der Waals surface area contributed by atoms with Crippen LogP contribution in [0, 0.1) is 0 Å². The van der Waals surface area contributed by atoms with Crippen LogP contribution in [0.15, 0.2) is 255 Å². The molecule has 0 radical (unpaired) electrons. The number of para-hydroxylation sites is 2. The highest BCUT2D eigenvalue weighted by atomic mass is 32.1. The lowest BCUT2D eigenvalue weighted by Gasteiger charge is -2.26. The summed E-state index contributed by atoms with van der Waals surface area (Å²) in [5.74, 6) is 0. The number of nitrogens with zero attached hydrogens (tertiary/aromatic N) is 6. The number of imidazole rings is 2. The van der Waals surface area contributed by atoms with Gasteiger partial charge in [0.25, 0.3) is 0 Å². The normalized spacial score (nSPS) is 11.5. The van der Waals surface area contributed by atoms with Gasteiger partial charge >= 0.3 is 0 Å². The van der Waals surface area contributed by atoms with Gasteiger partial charge in [0.05, 0.1) is 22.8 Å². The van der Waals surface area contributed by atoms with Gasteiger partial charge in [-0.2, -0.15) is 0 Å². The number of aromatic nitrogens is 4. The van der Waals surface area contributed by atoms with E-state index < -0.39 is 0 Å². The van der Waals surface area contributed by atoms with E-state index in [-0.39, 0.29) is 0 Å². The summed E-state index contributed by atoms with van der Waals surface area (Å²) in [6.07, 6.45) is 4.21. The molecule has 5 aromatic heterocycles. The van der Waals surface area contributed by atoms with Crippen LogP contribution >= 0.6 is 11.3 Å². The number of fused-ring (bicyclic) bond motifs is 5. The topological polar surface area (TPSA) is 41.1 Å². The van der Waals surface area contributed by atoms with Crippen molar-refractivity contribution in [3.8, 4) is 45.0 Å². The van der Waals surface area contributed by atoms with Crippen LogP contribution in [-0.4, -0.2) is 18.8 Å². The molecule has 0 spiro atoms. The lowest BCUT2D eigenvalue weighted by Crippen LogP contribution is -2.10. The highest BCUT2D eigenvalue weighted by Gasteiger charge is 2.22. The molecule has 6 nitrogen and oxygen atoms in total. The SMILES string of the molecule is c1ccc(-c2nc3ccccn3c2-c2cccc(N(c3ccccc3)c3ccc4c(c3)sc3cc(N(c5ccccc5)c5cccc(-c6c(-c7ccccc7)nc7ccccn67)c5)ccc34)c2)cc1. The van der Waals surface area contributed by atoms with Crippen LogP contribution in [0.3, 0.4) is 0 Å². The lowest BCUT2D eigenvalue weighted by atomic mass is 10.0. The van der Waals surface area contributed by atoms with Crippen molar-refractivity contribution in [2.24, 2.45) is 0 Å². The monoisotopic (exact) mass is 902 g/mol. The highest BCUT2D eigenvalue weighted by Crippen LogP contribution is 2.45. The maximum atomic E-state index is 5.14. The Morgan fingerprint density at radius 3 is 1.10 bits per heavy atom. The fourth-order valence-electron chi connectivity index (χ4n) is 9.80. The Morgan fingerprint density at radius 2 is 0.667 bits per heavy atom. The fourth-order valence-corrected chi connectivity index (χ4v) is 11.0. The molecule has 0 unspecified atom stereocenters. The first-order chi connectivity index (χ1) is 34.2. The second-order valence-electron chi connectivity index (χ2n) is 17.1. The Bertz CT molecular complexity index is 3710. The van der Waals surface area contributed by atoms with E-state index in [2.05, 4.69) is 262 Å². The van der Waals surface area contributed by atoms with Gasteiger partial charge in [-0.3, -0.25) is 8.80 Å². The van der Waals surface area contributed by atoms with E-state index in [9.17, 15) is 0 Å². The number of benzene rings is 8. The molecule has 0 aliphatic heterocycles. The van der Waals surface area contributed by atoms with Crippen LogP contribution in [-0.2, 0) is 0 Å².